The molecule has 0 saturated carbocycles. The molecule has 2 N–H and O–H groups in total. The number of aromatic amines is 1. The molecule has 0 bridgehead atoms. The van der Waals surface area contributed by atoms with Gasteiger partial charge < -0.3 is 10.2 Å². The Kier molecular flexibility index (Phi) is 4.64. The zero-order valence-electron chi connectivity index (χ0n) is 14.0. The largest absolute Gasteiger partial charge is 0.370 e. The van der Waals surface area contributed by atoms with Crippen LogP contribution in [0.15, 0.2) is 35.3 Å². The maximum Gasteiger partial charge on any atom is 0.266 e. The number of aryl methyl sites for hydroxylation is 2. The first kappa shape index (κ1) is 16.2. The predicted molar refractivity (Wildman–Crippen MR) is 93.5 cm³/mol. The molecule has 1 aromatic carbocycles. The van der Waals surface area contributed by atoms with Crippen LogP contribution in [0.4, 0.5) is 5.69 Å². The summed E-state index contributed by atoms with van der Waals surface area (Å²) in [5.74, 6) is -0.0191. The molecular weight excluding hydrogens is 304 g/mol. The van der Waals surface area contributed by atoms with E-state index in [1.54, 1.807) is 12.3 Å². The number of H-pyrrole nitrogens is 1. The van der Waals surface area contributed by atoms with Gasteiger partial charge in [-0.1, -0.05) is 6.07 Å². The molecule has 24 heavy (non-hydrogen) atoms. The van der Waals surface area contributed by atoms with Crippen LogP contribution in [0.5, 0.6) is 0 Å². The first-order chi connectivity index (χ1) is 11.5. The SMILES string of the molecule is Cc1ccc(C(=O)NC2CCN(c3cn[nH]c(=O)c3)CC2)cc1C. The second-order valence-electron chi connectivity index (χ2n) is 6.34. The number of nitrogens with zero attached hydrogens (tertiary/aromatic N) is 2. The molecule has 6 heteroatoms. The summed E-state index contributed by atoms with van der Waals surface area (Å²) in [6.07, 6.45) is 3.36. The highest BCUT2D eigenvalue weighted by atomic mass is 16.1. The Labute approximate surface area is 140 Å². The van der Waals surface area contributed by atoms with E-state index in [1.165, 1.54) is 5.56 Å². The number of amides is 1. The molecule has 126 valence electrons. The smallest absolute Gasteiger partial charge is 0.266 e. The molecule has 2 heterocycles. The van der Waals surface area contributed by atoms with E-state index in [2.05, 4.69) is 20.4 Å². The second kappa shape index (κ2) is 6.86. The van der Waals surface area contributed by atoms with Crippen LogP contribution in [0, 0.1) is 13.8 Å². The van der Waals surface area contributed by atoms with Crippen molar-refractivity contribution in [2.45, 2.75) is 32.7 Å². The van der Waals surface area contributed by atoms with E-state index < -0.39 is 0 Å². The van der Waals surface area contributed by atoms with Crippen molar-refractivity contribution in [2.75, 3.05) is 18.0 Å². The van der Waals surface area contributed by atoms with Crippen molar-refractivity contribution in [1.29, 1.82) is 0 Å². The fourth-order valence-electron chi connectivity index (χ4n) is 2.97. The predicted octanol–water partition coefficient (Wildman–Crippen LogP) is 1.79. The normalized spacial score (nSPS) is 15.3. The Morgan fingerprint density at radius 1 is 1.21 bits per heavy atom. The number of anilines is 1. The molecule has 2 aromatic rings. The summed E-state index contributed by atoms with van der Waals surface area (Å²) < 4.78 is 0. The third-order valence-corrected chi connectivity index (χ3v) is 4.61. The molecule has 6 nitrogen and oxygen atoms in total. The standard InChI is InChI=1S/C18H22N4O2/c1-12-3-4-14(9-13(12)2)18(24)20-15-5-7-22(8-6-15)16-10-17(23)21-19-11-16/h3-4,9-11,15H,5-8H2,1-2H3,(H,20,24)(H,21,23). The molecule has 1 aromatic heterocycles. The number of hydrogen-bond donors (Lipinski definition) is 2. The molecule has 0 radical (unpaired) electrons. The highest BCUT2D eigenvalue weighted by Crippen LogP contribution is 2.18. The first-order valence-electron chi connectivity index (χ1n) is 8.21. The minimum absolute atomic E-state index is 0.0191. The molecule has 0 aliphatic carbocycles. The first-order valence-corrected chi connectivity index (χ1v) is 8.21. The lowest BCUT2D eigenvalue weighted by atomic mass is 10.0. The van der Waals surface area contributed by atoms with Crippen LogP contribution in [-0.4, -0.2) is 35.2 Å². The van der Waals surface area contributed by atoms with Gasteiger partial charge in [0.1, 0.15) is 0 Å². The van der Waals surface area contributed by atoms with Gasteiger partial charge in [0.05, 0.1) is 11.9 Å². The molecule has 0 atom stereocenters. The van der Waals surface area contributed by atoms with Gasteiger partial charge in [-0.15, -0.1) is 0 Å². The van der Waals surface area contributed by atoms with Gasteiger partial charge in [0.2, 0.25) is 0 Å². The number of carbonyl (C=O) groups is 1. The summed E-state index contributed by atoms with van der Waals surface area (Å²) in [7, 11) is 0. The lowest BCUT2D eigenvalue weighted by Crippen LogP contribution is -2.45. The third-order valence-electron chi connectivity index (χ3n) is 4.61. The quantitative estimate of drug-likeness (QED) is 0.901. The van der Waals surface area contributed by atoms with Gasteiger partial charge >= 0.3 is 0 Å². The molecule has 0 spiro atoms. The molecule has 1 saturated heterocycles. The highest BCUT2D eigenvalue weighted by molar-refractivity contribution is 5.94. The van der Waals surface area contributed by atoms with E-state index in [-0.39, 0.29) is 17.5 Å². The fourth-order valence-corrected chi connectivity index (χ4v) is 2.97. The van der Waals surface area contributed by atoms with Crippen molar-refractivity contribution in [2.24, 2.45) is 0 Å². The minimum atomic E-state index is -0.197. The molecule has 1 aliphatic rings. The van der Waals surface area contributed by atoms with Crippen molar-refractivity contribution < 1.29 is 4.79 Å². The zero-order valence-corrected chi connectivity index (χ0v) is 14.0. The number of benzene rings is 1. The third kappa shape index (κ3) is 3.64. The summed E-state index contributed by atoms with van der Waals surface area (Å²) >= 11 is 0. The van der Waals surface area contributed by atoms with E-state index in [4.69, 9.17) is 0 Å². The maximum atomic E-state index is 12.4. The number of piperidine rings is 1. The van der Waals surface area contributed by atoms with Crippen molar-refractivity contribution >= 4 is 11.6 Å². The van der Waals surface area contributed by atoms with Crippen molar-refractivity contribution in [3.8, 4) is 0 Å². The highest BCUT2D eigenvalue weighted by Gasteiger charge is 2.21. The number of nitrogens with one attached hydrogen (secondary N) is 2. The number of rotatable bonds is 3. The average molecular weight is 326 g/mol. The molecule has 0 unspecified atom stereocenters. The number of aromatic nitrogens is 2. The summed E-state index contributed by atoms with van der Waals surface area (Å²) in [4.78, 5) is 25.9. The van der Waals surface area contributed by atoms with Crippen molar-refractivity contribution in [3.05, 3.63) is 57.5 Å². The molecular formula is C18H22N4O2. The Balaban J connectivity index is 1.58. The Hall–Kier alpha value is -2.63. The molecule has 1 amide bonds. The summed E-state index contributed by atoms with van der Waals surface area (Å²) in [5, 5.41) is 9.33. The minimum Gasteiger partial charge on any atom is -0.370 e. The van der Waals surface area contributed by atoms with Gasteiger partial charge in [-0.2, -0.15) is 5.10 Å². The number of hydrogen-bond acceptors (Lipinski definition) is 4. The van der Waals surface area contributed by atoms with E-state index >= 15 is 0 Å². The lowest BCUT2D eigenvalue weighted by molar-refractivity contribution is 0.0931. The van der Waals surface area contributed by atoms with Crippen LogP contribution in [-0.2, 0) is 0 Å². The van der Waals surface area contributed by atoms with E-state index in [9.17, 15) is 9.59 Å². The van der Waals surface area contributed by atoms with Gasteiger partial charge in [-0.05, 0) is 49.9 Å². The Morgan fingerprint density at radius 2 is 1.96 bits per heavy atom. The zero-order chi connectivity index (χ0) is 17.1. The summed E-state index contributed by atoms with van der Waals surface area (Å²) in [6.45, 7) is 5.64. The topological polar surface area (TPSA) is 78.1 Å². The average Bonchev–Trinajstić information content (AvgIpc) is 2.58. The molecule has 3 rings (SSSR count). The van der Waals surface area contributed by atoms with Gasteiger partial charge in [-0.3, -0.25) is 9.59 Å². The summed E-state index contributed by atoms with van der Waals surface area (Å²) in [5.41, 5.74) is 3.65. The van der Waals surface area contributed by atoms with Crippen molar-refractivity contribution in [1.82, 2.24) is 15.5 Å². The Bertz CT molecular complexity index is 792. The Morgan fingerprint density at radius 3 is 2.62 bits per heavy atom. The van der Waals surface area contributed by atoms with Crippen LogP contribution >= 0.6 is 0 Å². The van der Waals surface area contributed by atoms with E-state index in [0.717, 1.165) is 37.2 Å². The van der Waals surface area contributed by atoms with Crippen LogP contribution in [0.3, 0.4) is 0 Å². The van der Waals surface area contributed by atoms with Gasteiger partial charge in [0.25, 0.3) is 11.5 Å². The van der Waals surface area contributed by atoms with Crippen LogP contribution in [0.2, 0.25) is 0 Å². The van der Waals surface area contributed by atoms with Crippen LogP contribution in [0.1, 0.15) is 34.3 Å². The monoisotopic (exact) mass is 326 g/mol. The number of carbonyl (C=O) groups excluding carboxylic acids is 1. The van der Waals surface area contributed by atoms with Crippen molar-refractivity contribution in [3.63, 3.8) is 0 Å². The maximum absolute atomic E-state index is 12.4. The van der Waals surface area contributed by atoms with Crippen LogP contribution < -0.4 is 15.8 Å². The van der Waals surface area contributed by atoms with Gasteiger partial charge in [0, 0.05) is 30.8 Å². The molecule has 1 aliphatic heterocycles. The summed E-state index contributed by atoms with van der Waals surface area (Å²) in [6, 6.07) is 7.50. The van der Waals surface area contributed by atoms with Gasteiger partial charge in [-0.25, -0.2) is 5.10 Å². The molecule has 1 fully saturated rings. The van der Waals surface area contributed by atoms with E-state index in [0.29, 0.717) is 5.56 Å². The van der Waals surface area contributed by atoms with Gasteiger partial charge in [0.15, 0.2) is 0 Å². The lowest BCUT2D eigenvalue weighted by Gasteiger charge is -2.33. The van der Waals surface area contributed by atoms with E-state index in [1.807, 2.05) is 32.0 Å². The second-order valence-corrected chi connectivity index (χ2v) is 6.34. The fraction of sp³-hybridized carbons (Fsp3) is 0.389. The van der Waals surface area contributed by atoms with Crippen LogP contribution in [0.25, 0.3) is 0 Å².